The second-order valence-corrected chi connectivity index (χ2v) is 7.34. The van der Waals surface area contributed by atoms with Gasteiger partial charge < -0.3 is 4.90 Å². The van der Waals surface area contributed by atoms with Crippen LogP contribution in [-0.2, 0) is 11.0 Å². The number of rotatable bonds is 2. The van der Waals surface area contributed by atoms with E-state index in [1.807, 2.05) is 13.1 Å². The van der Waals surface area contributed by atoms with Crippen LogP contribution in [0.4, 0.5) is 13.2 Å². The fourth-order valence-corrected chi connectivity index (χ4v) is 4.06. The van der Waals surface area contributed by atoms with E-state index in [1.54, 1.807) is 17.2 Å². The second kappa shape index (κ2) is 6.34. The van der Waals surface area contributed by atoms with Crippen molar-refractivity contribution in [2.75, 3.05) is 13.6 Å². The van der Waals surface area contributed by atoms with Gasteiger partial charge in [-0.1, -0.05) is 12.1 Å². The molecular formula is C20H20F3N3O. The Morgan fingerprint density at radius 2 is 1.89 bits per heavy atom. The van der Waals surface area contributed by atoms with Gasteiger partial charge in [0, 0.05) is 19.8 Å². The maximum Gasteiger partial charge on any atom is 0.416 e. The Bertz CT molecular complexity index is 866. The fraction of sp³-hybridized carbons (Fsp3) is 0.400. The predicted octanol–water partition coefficient (Wildman–Crippen LogP) is 3.79. The molecule has 2 aliphatic rings. The lowest BCUT2D eigenvalue weighted by atomic mass is 9.96. The first-order valence-corrected chi connectivity index (χ1v) is 8.95. The molecule has 4 nitrogen and oxygen atoms in total. The Hall–Kier alpha value is -2.41. The van der Waals surface area contributed by atoms with E-state index in [-0.39, 0.29) is 11.9 Å². The van der Waals surface area contributed by atoms with Crippen LogP contribution in [0.1, 0.15) is 36.6 Å². The van der Waals surface area contributed by atoms with Crippen LogP contribution >= 0.6 is 0 Å². The van der Waals surface area contributed by atoms with Gasteiger partial charge in [-0.3, -0.25) is 15.1 Å². The third-order valence-corrected chi connectivity index (χ3v) is 5.62. The van der Waals surface area contributed by atoms with Crippen LogP contribution in [0, 0.1) is 0 Å². The topological polar surface area (TPSA) is 45.2 Å². The molecule has 4 rings (SSSR count). The van der Waals surface area contributed by atoms with Gasteiger partial charge in [0.25, 0.3) is 0 Å². The third-order valence-electron chi connectivity index (χ3n) is 5.62. The number of likely N-dealkylation sites (N-methyl/N-ethyl adjacent to an activating group) is 1. The van der Waals surface area contributed by atoms with Crippen LogP contribution in [0.3, 0.4) is 0 Å². The van der Waals surface area contributed by atoms with Crippen molar-refractivity contribution < 1.29 is 18.0 Å². The summed E-state index contributed by atoms with van der Waals surface area (Å²) in [6, 6.07) is 8.77. The minimum Gasteiger partial charge on any atom is -0.344 e. The van der Waals surface area contributed by atoms with Gasteiger partial charge in [-0.05, 0) is 54.7 Å². The summed E-state index contributed by atoms with van der Waals surface area (Å²) in [6.07, 6.45) is -0.309. The minimum absolute atomic E-state index is 0.0325. The highest BCUT2D eigenvalue weighted by Crippen LogP contribution is 2.39. The number of likely N-dealkylation sites (tertiary alicyclic amines) is 1. The van der Waals surface area contributed by atoms with Crippen LogP contribution in [0.15, 0.2) is 42.6 Å². The van der Waals surface area contributed by atoms with Crippen LogP contribution < -0.4 is 5.32 Å². The molecule has 0 aliphatic carbocycles. The number of nitrogens with one attached hydrogen (secondary N) is 1. The molecule has 0 radical (unpaired) electrons. The lowest BCUT2D eigenvalue weighted by molar-refractivity contribution is -0.137. The number of halogens is 3. The van der Waals surface area contributed by atoms with E-state index in [0.717, 1.165) is 49.2 Å². The molecule has 0 unspecified atom stereocenters. The highest BCUT2D eigenvalue weighted by Gasteiger charge is 2.50. The van der Waals surface area contributed by atoms with Crippen molar-refractivity contribution in [3.8, 4) is 11.1 Å². The average Bonchev–Trinajstić information content (AvgIpc) is 3.21. The van der Waals surface area contributed by atoms with E-state index in [9.17, 15) is 18.0 Å². The van der Waals surface area contributed by atoms with Gasteiger partial charge in [0.1, 0.15) is 5.54 Å². The Morgan fingerprint density at radius 3 is 2.52 bits per heavy atom. The Labute approximate surface area is 155 Å². The molecule has 3 heterocycles. The second-order valence-electron chi connectivity index (χ2n) is 7.34. The molecule has 0 saturated carbocycles. The monoisotopic (exact) mass is 375 g/mol. The molecule has 2 aromatic rings. The zero-order valence-electron chi connectivity index (χ0n) is 14.9. The van der Waals surface area contributed by atoms with Crippen molar-refractivity contribution in [3.63, 3.8) is 0 Å². The SMILES string of the molecule is CN1CC[C@]2(CC[C@H](c3cc(-c4ccc(C(F)(F)F)cc4)ccn3)N2)C1=O. The molecule has 1 N–H and O–H groups in total. The van der Waals surface area contributed by atoms with Crippen LogP contribution in [0.5, 0.6) is 0 Å². The van der Waals surface area contributed by atoms with Crippen molar-refractivity contribution in [1.82, 2.24) is 15.2 Å². The molecule has 7 heteroatoms. The lowest BCUT2D eigenvalue weighted by Gasteiger charge is -2.23. The van der Waals surface area contributed by atoms with Crippen LogP contribution in [0.2, 0.25) is 0 Å². The van der Waals surface area contributed by atoms with Crippen LogP contribution in [-0.4, -0.2) is 34.9 Å². The molecule has 2 aliphatic heterocycles. The number of alkyl halides is 3. The standard InChI is InChI=1S/C20H20F3N3O/c1-26-11-9-19(18(26)27)8-6-16(25-19)17-12-14(7-10-24-17)13-2-4-15(5-3-13)20(21,22)23/h2-5,7,10,12,16,25H,6,8-9,11H2,1H3/t16-,19-/m1/s1. The number of hydrogen-bond donors (Lipinski definition) is 1. The maximum absolute atomic E-state index is 12.7. The quantitative estimate of drug-likeness (QED) is 0.869. The first kappa shape index (κ1) is 18.0. The zero-order chi connectivity index (χ0) is 19.2. The number of nitrogens with zero attached hydrogens (tertiary/aromatic N) is 2. The van der Waals surface area contributed by atoms with Crippen molar-refractivity contribution in [2.24, 2.45) is 0 Å². The Kier molecular flexibility index (Phi) is 4.22. The van der Waals surface area contributed by atoms with E-state index >= 15 is 0 Å². The zero-order valence-corrected chi connectivity index (χ0v) is 14.9. The first-order chi connectivity index (χ1) is 12.8. The van der Waals surface area contributed by atoms with Gasteiger partial charge in [0.2, 0.25) is 5.91 Å². The summed E-state index contributed by atoms with van der Waals surface area (Å²) >= 11 is 0. The van der Waals surface area contributed by atoms with E-state index < -0.39 is 17.3 Å². The summed E-state index contributed by atoms with van der Waals surface area (Å²) in [7, 11) is 1.82. The number of aromatic nitrogens is 1. The number of benzene rings is 1. The van der Waals surface area contributed by atoms with Gasteiger partial charge in [0.15, 0.2) is 0 Å². The first-order valence-electron chi connectivity index (χ1n) is 8.95. The molecule has 1 aromatic carbocycles. The Morgan fingerprint density at radius 1 is 1.15 bits per heavy atom. The van der Waals surface area contributed by atoms with Gasteiger partial charge in [-0.15, -0.1) is 0 Å². The van der Waals surface area contributed by atoms with E-state index in [1.165, 1.54) is 12.1 Å². The largest absolute Gasteiger partial charge is 0.416 e. The molecule has 1 aromatic heterocycles. The lowest BCUT2D eigenvalue weighted by Crippen LogP contribution is -2.47. The van der Waals surface area contributed by atoms with Crippen molar-refractivity contribution in [1.29, 1.82) is 0 Å². The number of carbonyl (C=O) groups is 1. The molecule has 2 atom stereocenters. The third kappa shape index (κ3) is 3.20. The number of pyridine rings is 1. The molecule has 1 amide bonds. The summed E-state index contributed by atoms with van der Waals surface area (Å²) in [4.78, 5) is 18.6. The summed E-state index contributed by atoms with van der Waals surface area (Å²) in [5.74, 6) is 0.129. The smallest absolute Gasteiger partial charge is 0.344 e. The normalized spacial score (nSPS) is 25.6. The maximum atomic E-state index is 12.7. The predicted molar refractivity (Wildman–Crippen MR) is 94.8 cm³/mol. The van der Waals surface area contributed by atoms with Crippen LogP contribution in [0.25, 0.3) is 11.1 Å². The summed E-state index contributed by atoms with van der Waals surface area (Å²) in [5.41, 5.74) is 1.17. The van der Waals surface area contributed by atoms with Gasteiger partial charge >= 0.3 is 6.18 Å². The van der Waals surface area contributed by atoms with Gasteiger partial charge in [-0.2, -0.15) is 13.2 Å². The van der Waals surface area contributed by atoms with Crippen molar-refractivity contribution in [3.05, 3.63) is 53.9 Å². The average molecular weight is 375 g/mol. The highest BCUT2D eigenvalue weighted by molar-refractivity contribution is 5.88. The molecule has 27 heavy (non-hydrogen) atoms. The summed E-state index contributed by atoms with van der Waals surface area (Å²) in [5, 5.41) is 3.47. The number of amides is 1. The molecule has 2 fully saturated rings. The Balaban J connectivity index is 1.56. The highest BCUT2D eigenvalue weighted by atomic mass is 19.4. The summed E-state index contributed by atoms with van der Waals surface area (Å²) < 4.78 is 38.2. The van der Waals surface area contributed by atoms with E-state index in [4.69, 9.17) is 0 Å². The molecular weight excluding hydrogens is 355 g/mol. The van der Waals surface area contributed by atoms with Gasteiger partial charge in [-0.25, -0.2) is 0 Å². The fourth-order valence-electron chi connectivity index (χ4n) is 4.06. The molecule has 142 valence electrons. The van der Waals surface area contributed by atoms with Gasteiger partial charge in [0.05, 0.1) is 17.3 Å². The summed E-state index contributed by atoms with van der Waals surface area (Å²) in [6.45, 7) is 0.748. The van der Waals surface area contributed by atoms with E-state index in [0.29, 0.717) is 5.56 Å². The van der Waals surface area contributed by atoms with E-state index in [2.05, 4.69) is 10.3 Å². The van der Waals surface area contributed by atoms with Crippen molar-refractivity contribution in [2.45, 2.75) is 37.0 Å². The number of hydrogen-bond acceptors (Lipinski definition) is 3. The molecule has 0 bridgehead atoms. The molecule has 1 spiro atoms. The number of carbonyl (C=O) groups excluding carboxylic acids is 1. The van der Waals surface area contributed by atoms with Crippen molar-refractivity contribution >= 4 is 5.91 Å². The molecule has 2 saturated heterocycles. The minimum atomic E-state index is -4.34.